The van der Waals surface area contributed by atoms with E-state index in [1.807, 2.05) is 20.8 Å². The zero-order valence-electron chi connectivity index (χ0n) is 22.0. The molecule has 8 heteroatoms. The second-order valence-electron chi connectivity index (χ2n) is 9.38. The van der Waals surface area contributed by atoms with Gasteiger partial charge in [0.15, 0.2) is 0 Å². The quantitative estimate of drug-likeness (QED) is 0.146. The van der Waals surface area contributed by atoms with Crippen LogP contribution in [-0.2, 0) is 23.8 Å². The maximum atomic E-state index is 14.5. The summed E-state index contributed by atoms with van der Waals surface area (Å²) in [5.74, 6) is -1.26. The van der Waals surface area contributed by atoms with Crippen LogP contribution in [-0.4, -0.2) is 31.8 Å². The third kappa shape index (κ3) is 6.76. The molecule has 1 aliphatic carbocycles. The van der Waals surface area contributed by atoms with Crippen molar-refractivity contribution in [2.24, 2.45) is 0 Å². The first-order valence-corrected chi connectivity index (χ1v) is 15.0. The van der Waals surface area contributed by atoms with Gasteiger partial charge in [-0.15, -0.1) is 0 Å². The van der Waals surface area contributed by atoms with Crippen LogP contribution in [0.15, 0.2) is 48.6 Å². The van der Waals surface area contributed by atoms with E-state index in [0.717, 1.165) is 32.1 Å². The van der Waals surface area contributed by atoms with E-state index in [9.17, 15) is 18.1 Å². The van der Waals surface area contributed by atoms with Gasteiger partial charge in [-0.2, -0.15) is 0 Å². The van der Waals surface area contributed by atoms with Crippen molar-refractivity contribution in [3.63, 3.8) is 0 Å². The van der Waals surface area contributed by atoms with Crippen molar-refractivity contribution < 1.29 is 27.2 Å². The number of rotatable bonds is 15. The van der Waals surface area contributed by atoms with E-state index in [1.165, 1.54) is 24.3 Å². The second kappa shape index (κ2) is 13.5. The van der Waals surface area contributed by atoms with Crippen LogP contribution < -0.4 is 5.32 Å². The largest absolute Gasteiger partial charge is 0.355 e. The first kappa shape index (κ1) is 29.2. The molecule has 0 saturated carbocycles. The van der Waals surface area contributed by atoms with Gasteiger partial charge in [0, 0.05) is 6.54 Å². The summed E-state index contributed by atoms with van der Waals surface area (Å²) in [6.07, 6.45) is 7.73. The fourth-order valence-electron chi connectivity index (χ4n) is 4.60. The third-order valence-electron chi connectivity index (χ3n) is 6.59. The smallest absolute Gasteiger partial charge is 0.334 e. The van der Waals surface area contributed by atoms with Crippen LogP contribution in [0.5, 0.6) is 0 Å². The monoisotopic (exact) mass is 533 g/mol. The van der Waals surface area contributed by atoms with E-state index in [0.29, 0.717) is 42.0 Å². The Labute approximate surface area is 219 Å². The van der Waals surface area contributed by atoms with Gasteiger partial charge in [0.1, 0.15) is 17.0 Å². The van der Waals surface area contributed by atoms with Crippen molar-refractivity contribution in [1.82, 2.24) is 5.32 Å². The van der Waals surface area contributed by atoms with Crippen molar-refractivity contribution in [1.29, 1.82) is 0 Å². The number of allylic oxidation sites excluding steroid dienone is 2. The number of hydrogen-bond acceptors (Lipinski definition) is 4. The van der Waals surface area contributed by atoms with E-state index < -0.39 is 24.6 Å². The van der Waals surface area contributed by atoms with Crippen LogP contribution in [0.3, 0.4) is 0 Å². The third-order valence-corrected chi connectivity index (χ3v) is 8.40. The average Bonchev–Trinajstić information content (AvgIpc) is 3.14. The van der Waals surface area contributed by atoms with Crippen molar-refractivity contribution in [2.45, 2.75) is 64.7 Å². The zero-order chi connectivity index (χ0) is 26.9. The lowest BCUT2D eigenvalue weighted by Gasteiger charge is -2.30. The number of carbonyl (C=O) groups excluding carboxylic acids is 1. The minimum atomic E-state index is -3.36. The van der Waals surface area contributed by atoms with Gasteiger partial charge in [0.05, 0.1) is 19.4 Å². The van der Waals surface area contributed by atoms with Crippen LogP contribution in [0.25, 0.3) is 11.1 Å². The molecule has 2 aromatic carbocycles. The summed E-state index contributed by atoms with van der Waals surface area (Å²) in [5.41, 5.74) is 1.07. The first-order valence-electron chi connectivity index (χ1n) is 13.2. The van der Waals surface area contributed by atoms with Gasteiger partial charge >= 0.3 is 7.60 Å². The van der Waals surface area contributed by atoms with E-state index in [1.54, 1.807) is 24.3 Å². The molecule has 0 unspecified atom stereocenters. The van der Waals surface area contributed by atoms with Crippen molar-refractivity contribution in [2.75, 3.05) is 25.9 Å². The number of fused-ring (bicyclic) bond motifs is 3. The Hall–Kier alpha value is -2.34. The van der Waals surface area contributed by atoms with Gasteiger partial charge in [0.25, 0.3) is 0 Å². The Kier molecular flexibility index (Phi) is 10.6. The lowest BCUT2D eigenvalue weighted by Crippen LogP contribution is -2.44. The number of hydrogen-bond donors (Lipinski definition) is 1. The molecule has 1 aliphatic rings. The topological polar surface area (TPSA) is 64.6 Å². The summed E-state index contributed by atoms with van der Waals surface area (Å²) in [6, 6.07) is 8.69. The molecule has 3 rings (SSSR count). The van der Waals surface area contributed by atoms with E-state index >= 15 is 0 Å². The molecule has 0 radical (unpaired) electrons. The molecule has 0 aromatic heterocycles. The van der Waals surface area contributed by atoms with Crippen LogP contribution in [0.1, 0.15) is 70.4 Å². The molecule has 2 aromatic rings. The summed E-state index contributed by atoms with van der Waals surface area (Å²) in [7, 11) is -3.36. The predicted octanol–water partition coefficient (Wildman–Crippen LogP) is 7.53. The fraction of sp³-hybridized carbons (Fsp3) is 0.483. The minimum absolute atomic E-state index is 0.0547. The number of benzene rings is 2. The molecule has 0 fully saturated rings. The van der Waals surface area contributed by atoms with Gasteiger partial charge in [-0.1, -0.05) is 57.9 Å². The fourth-order valence-corrected chi connectivity index (χ4v) is 6.11. The highest BCUT2D eigenvalue weighted by atomic mass is 31.2. The van der Waals surface area contributed by atoms with Gasteiger partial charge in [-0.25, -0.2) is 8.78 Å². The van der Waals surface area contributed by atoms with Gasteiger partial charge in [0.2, 0.25) is 5.91 Å². The normalized spacial score (nSPS) is 14.1. The first-order chi connectivity index (χ1) is 17.8. The van der Waals surface area contributed by atoms with Crippen molar-refractivity contribution in [3.8, 4) is 11.1 Å². The maximum Gasteiger partial charge on any atom is 0.334 e. The summed E-state index contributed by atoms with van der Waals surface area (Å²) < 4.78 is 53.6. The van der Waals surface area contributed by atoms with E-state index in [-0.39, 0.29) is 18.5 Å². The van der Waals surface area contributed by atoms with Crippen molar-refractivity contribution >= 4 is 13.5 Å². The summed E-state index contributed by atoms with van der Waals surface area (Å²) >= 11 is 0. The Morgan fingerprint density at radius 3 is 1.92 bits per heavy atom. The molecule has 5 nitrogen and oxygen atoms in total. The molecule has 1 N–H and O–H groups in total. The molecule has 0 atom stereocenters. The number of amides is 1. The molecule has 202 valence electrons. The molecular formula is C29H38F2NO4P. The molecule has 0 spiro atoms. The number of unbranched alkanes of at least 4 members (excludes halogenated alkanes) is 2. The predicted molar refractivity (Wildman–Crippen MR) is 144 cm³/mol. The van der Waals surface area contributed by atoms with E-state index in [2.05, 4.69) is 5.32 Å². The average molecular weight is 534 g/mol. The SMILES string of the molecule is CCCCOP(=O)(C/C=C/CC1(C(=O)NCCC)c2cc(F)ccc2-c2ccc(F)cc21)OCCCC. The lowest BCUT2D eigenvalue weighted by atomic mass is 9.74. The Balaban J connectivity index is 1.96. The highest BCUT2D eigenvalue weighted by Crippen LogP contribution is 2.52. The Bertz CT molecular complexity index is 1090. The molecule has 0 saturated heterocycles. The Morgan fingerprint density at radius 2 is 1.43 bits per heavy atom. The highest BCUT2D eigenvalue weighted by molar-refractivity contribution is 7.54. The number of nitrogens with one attached hydrogen (secondary N) is 1. The van der Waals surface area contributed by atoms with Gasteiger partial charge in [-0.05, 0) is 72.2 Å². The van der Waals surface area contributed by atoms with Crippen LogP contribution in [0.4, 0.5) is 8.78 Å². The molecular weight excluding hydrogens is 495 g/mol. The highest BCUT2D eigenvalue weighted by Gasteiger charge is 2.48. The maximum absolute atomic E-state index is 14.5. The summed E-state index contributed by atoms with van der Waals surface area (Å²) in [5, 5.41) is 2.94. The minimum Gasteiger partial charge on any atom is -0.355 e. The number of halogens is 2. The number of carbonyl (C=O) groups is 1. The molecule has 0 bridgehead atoms. The van der Waals surface area contributed by atoms with Crippen molar-refractivity contribution in [3.05, 3.63) is 71.3 Å². The molecule has 1 amide bonds. The zero-order valence-corrected chi connectivity index (χ0v) is 22.9. The van der Waals surface area contributed by atoms with E-state index in [4.69, 9.17) is 9.05 Å². The van der Waals surface area contributed by atoms with Crippen LogP contribution >= 0.6 is 7.60 Å². The molecule has 37 heavy (non-hydrogen) atoms. The van der Waals surface area contributed by atoms with Crippen LogP contribution in [0, 0.1) is 11.6 Å². The molecule has 0 aliphatic heterocycles. The lowest BCUT2D eigenvalue weighted by molar-refractivity contribution is -0.125. The summed E-state index contributed by atoms with van der Waals surface area (Å²) in [6.45, 7) is 7.12. The standard InChI is InChI=1S/C29H38F2NO4P/c1-4-7-17-35-37(34,36-18-8-5-2)19-10-9-15-29(28(33)32-16-6-3)26-20-22(30)11-13-24(26)25-14-12-23(31)21-27(25)29/h9-14,20-21H,4-8,15-19H2,1-3H3,(H,32,33)/b10-9+. The Morgan fingerprint density at radius 1 is 0.892 bits per heavy atom. The van der Waals surface area contributed by atoms with Gasteiger partial charge in [-0.3, -0.25) is 9.36 Å². The van der Waals surface area contributed by atoms with Gasteiger partial charge < -0.3 is 14.4 Å². The van der Waals surface area contributed by atoms with Crippen LogP contribution in [0.2, 0.25) is 0 Å². The summed E-state index contributed by atoms with van der Waals surface area (Å²) in [4.78, 5) is 13.7. The second-order valence-corrected chi connectivity index (χ2v) is 11.5. The molecule has 0 heterocycles.